The first-order chi connectivity index (χ1) is 8.60. The Bertz CT molecular complexity index is 379. The highest BCUT2D eigenvalue weighted by molar-refractivity contribution is 6.31. The molecule has 18 heavy (non-hydrogen) atoms. The van der Waals surface area contributed by atoms with E-state index in [1.807, 2.05) is 13.1 Å². The SMILES string of the molecule is CCCCCCC(NC)c1cc(C)c(F)cc1Cl. The number of hydrogen-bond acceptors (Lipinski definition) is 1. The Hall–Kier alpha value is -0.600. The maximum Gasteiger partial charge on any atom is 0.127 e. The standard InChI is InChI=1S/C15H23ClFN/c1-4-5-6-7-8-15(18-3)12-9-11(2)14(17)10-13(12)16/h9-10,15,18H,4-8H2,1-3H3. The highest BCUT2D eigenvalue weighted by Gasteiger charge is 2.14. The molecule has 0 fully saturated rings. The van der Waals surface area contributed by atoms with Crippen LogP contribution in [0.3, 0.4) is 0 Å². The van der Waals surface area contributed by atoms with Crippen molar-refractivity contribution < 1.29 is 4.39 Å². The zero-order valence-electron chi connectivity index (χ0n) is 11.5. The summed E-state index contributed by atoms with van der Waals surface area (Å²) >= 11 is 6.14. The Morgan fingerprint density at radius 1 is 1.28 bits per heavy atom. The topological polar surface area (TPSA) is 12.0 Å². The molecule has 1 aromatic rings. The molecule has 0 amide bonds. The number of aryl methyl sites for hydroxylation is 1. The van der Waals surface area contributed by atoms with Crippen molar-refractivity contribution in [2.45, 2.75) is 52.0 Å². The van der Waals surface area contributed by atoms with E-state index in [0.717, 1.165) is 12.0 Å². The van der Waals surface area contributed by atoms with Crippen LogP contribution in [0.4, 0.5) is 4.39 Å². The van der Waals surface area contributed by atoms with Gasteiger partial charge in [0.1, 0.15) is 5.82 Å². The number of nitrogens with one attached hydrogen (secondary N) is 1. The molecule has 0 bridgehead atoms. The van der Waals surface area contributed by atoms with Crippen LogP contribution in [-0.4, -0.2) is 7.05 Å². The van der Waals surface area contributed by atoms with E-state index in [0.29, 0.717) is 10.6 Å². The van der Waals surface area contributed by atoms with Crippen molar-refractivity contribution in [3.8, 4) is 0 Å². The van der Waals surface area contributed by atoms with E-state index in [1.54, 1.807) is 6.92 Å². The summed E-state index contributed by atoms with van der Waals surface area (Å²) < 4.78 is 13.4. The van der Waals surface area contributed by atoms with Crippen LogP contribution in [0.5, 0.6) is 0 Å². The highest BCUT2D eigenvalue weighted by Crippen LogP contribution is 2.29. The first-order valence-electron chi connectivity index (χ1n) is 6.73. The second-order valence-electron chi connectivity index (χ2n) is 4.81. The smallest absolute Gasteiger partial charge is 0.127 e. The van der Waals surface area contributed by atoms with Gasteiger partial charge >= 0.3 is 0 Å². The van der Waals surface area contributed by atoms with Crippen molar-refractivity contribution >= 4 is 11.6 Å². The molecule has 0 aliphatic heterocycles. The van der Waals surface area contributed by atoms with Crippen molar-refractivity contribution in [2.75, 3.05) is 7.05 Å². The molecule has 0 heterocycles. The largest absolute Gasteiger partial charge is 0.313 e. The van der Waals surface area contributed by atoms with E-state index >= 15 is 0 Å². The van der Waals surface area contributed by atoms with Gasteiger partial charge in [-0.15, -0.1) is 0 Å². The Kier molecular flexibility index (Phi) is 6.66. The van der Waals surface area contributed by atoms with Crippen LogP contribution in [0.15, 0.2) is 12.1 Å². The van der Waals surface area contributed by atoms with Crippen LogP contribution < -0.4 is 5.32 Å². The Balaban J connectivity index is 2.72. The van der Waals surface area contributed by atoms with Gasteiger partial charge in [-0.05, 0) is 37.6 Å². The summed E-state index contributed by atoms with van der Waals surface area (Å²) in [4.78, 5) is 0. The van der Waals surface area contributed by atoms with Gasteiger partial charge in [0.15, 0.2) is 0 Å². The van der Waals surface area contributed by atoms with Crippen molar-refractivity contribution in [1.82, 2.24) is 5.32 Å². The molecule has 0 aliphatic rings. The fourth-order valence-corrected chi connectivity index (χ4v) is 2.46. The fraction of sp³-hybridized carbons (Fsp3) is 0.600. The summed E-state index contributed by atoms with van der Waals surface area (Å²) in [6, 6.07) is 3.50. The maximum atomic E-state index is 13.4. The van der Waals surface area contributed by atoms with Gasteiger partial charge in [-0.1, -0.05) is 50.3 Å². The average Bonchev–Trinajstić information content (AvgIpc) is 2.35. The molecule has 1 aromatic carbocycles. The van der Waals surface area contributed by atoms with Gasteiger partial charge in [-0.2, -0.15) is 0 Å². The Morgan fingerprint density at radius 2 is 2.00 bits per heavy atom. The first-order valence-corrected chi connectivity index (χ1v) is 7.10. The molecule has 102 valence electrons. The molecule has 1 N–H and O–H groups in total. The van der Waals surface area contributed by atoms with E-state index in [1.165, 1.54) is 31.7 Å². The number of unbranched alkanes of at least 4 members (excludes halogenated alkanes) is 3. The summed E-state index contributed by atoms with van der Waals surface area (Å²) in [5, 5.41) is 3.80. The van der Waals surface area contributed by atoms with Crippen LogP contribution in [0.25, 0.3) is 0 Å². The van der Waals surface area contributed by atoms with E-state index < -0.39 is 0 Å². The average molecular weight is 272 g/mol. The Morgan fingerprint density at radius 3 is 2.61 bits per heavy atom. The summed E-state index contributed by atoms with van der Waals surface area (Å²) in [5.41, 5.74) is 1.66. The molecule has 1 atom stereocenters. The van der Waals surface area contributed by atoms with E-state index in [4.69, 9.17) is 11.6 Å². The molecule has 1 unspecified atom stereocenters. The molecule has 0 aromatic heterocycles. The number of hydrogen-bond donors (Lipinski definition) is 1. The molecule has 0 saturated heterocycles. The summed E-state index contributed by atoms with van der Waals surface area (Å²) in [7, 11) is 1.93. The fourth-order valence-electron chi connectivity index (χ4n) is 2.18. The summed E-state index contributed by atoms with van der Waals surface area (Å²) in [6.07, 6.45) is 5.97. The molecule has 0 saturated carbocycles. The zero-order chi connectivity index (χ0) is 13.5. The molecular formula is C15H23ClFN. The molecular weight excluding hydrogens is 249 g/mol. The van der Waals surface area contributed by atoms with E-state index in [-0.39, 0.29) is 11.9 Å². The summed E-state index contributed by atoms with van der Waals surface area (Å²) in [6.45, 7) is 3.98. The van der Waals surface area contributed by atoms with Gasteiger partial charge in [0.05, 0.1) is 0 Å². The molecule has 1 rings (SSSR count). The Labute approximate surface area is 115 Å². The molecule has 3 heteroatoms. The lowest BCUT2D eigenvalue weighted by Crippen LogP contribution is -2.17. The van der Waals surface area contributed by atoms with Gasteiger partial charge in [0, 0.05) is 11.1 Å². The van der Waals surface area contributed by atoms with Crippen LogP contribution in [-0.2, 0) is 0 Å². The lowest BCUT2D eigenvalue weighted by molar-refractivity contribution is 0.503. The van der Waals surface area contributed by atoms with Gasteiger partial charge in [-0.3, -0.25) is 0 Å². The van der Waals surface area contributed by atoms with Gasteiger partial charge in [0.25, 0.3) is 0 Å². The van der Waals surface area contributed by atoms with Gasteiger partial charge < -0.3 is 5.32 Å². The zero-order valence-corrected chi connectivity index (χ0v) is 12.3. The molecule has 0 radical (unpaired) electrons. The normalized spacial score (nSPS) is 12.7. The lowest BCUT2D eigenvalue weighted by Gasteiger charge is -2.19. The second kappa shape index (κ2) is 7.75. The lowest BCUT2D eigenvalue weighted by atomic mass is 9.98. The van der Waals surface area contributed by atoms with Crippen molar-refractivity contribution in [3.05, 3.63) is 34.1 Å². The minimum Gasteiger partial charge on any atom is -0.313 e. The van der Waals surface area contributed by atoms with Crippen molar-refractivity contribution in [3.63, 3.8) is 0 Å². The number of benzene rings is 1. The van der Waals surface area contributed by atoms with Crippen LogP contribution in [0, 0.1) is 12.7 Å². The predicted octanol–water partition coefficient (Wildman–Crippen LogP) is 5.02. The molecule has 0 aliphatic carbocycles. The van der Waals surface area contributed by atoms with Gasteiger partial charge in [0.2, 0.25) is 0 Å². The number of rotatable bonds is 7. The number of halogens is 2. The van der Waals surface area contributed by atoms with Crippen LogP contribution >= 0.6 is 11.6 Å². The minimum atomic E-state index is -0.232. The minimum absolute atomic E-state index is 0.216. The maximum absolute atomic E-state index is 13.4. The van der Waals surface area contributed by atoms with Gasteiger partial charge in [-0.25, -0.2) is 4.39 Å². The monoisotopic (exact) mass is 271 g/mol. The van der Waals surface area contributed by atoms with E-state index in [2.05, 4.69) is 12.2 Å². The van der Waals surface area contributed by atoms with Crippen molar-refractivity contribution in [2.24, 2.45) is 0 Å². The predicted molar refractivity (Wildman–Crippen MR) is 76.7 cm³/mol. The first kappa shape index (κ1) is 15.5. The van der Waals surface area contributed by atoms with Crippen LogP contribution in [0.1, 0.15) is 56.2 Å². The van der Waals surface area contributed by atoms with E-state index in [9.17, 15) is 4.39 Å². The third kappa shape index (κ3) is 4.25. The molecule has 0 spiro atoms. The second-order valence-corrected chi connectivity index (χ2v) is 5.22. The molecule has 1 nitrogen and oxygen atoms in total. The third-order valence-electron chi connectivity index (χ3n) is 3.35. The summed E-state index contributed by atoms with van der Waals surface area (Å²) in [5.74, 6) is -0.232. The quantitative estimate of drug-likeness (QED) is 0.687. The highest BCUT2D eigenvalue weighted by atomic mass is 35.5. The van der Waals surface area contributed by atoms with Crippen molar-refractivity contribution in [1.29, 1.82) is 0 Å². The third-order valence-corrected chi connectivity index (χ3v) is 3.68. The van der Waals surface area contributed by atoms with Crippen LogP contribution in [0.2, 0.25) is 5.02 Å².